The summed E-state index contributed by atoms with van der Waals surface area (Å²) in [6.45, 7) is -0.554. The summed E-state index contributed by atoms with van der Waals surface area (Å²) < 4.78 is 5.22. The van der Waals surface area contributed by atoms with Gasteiger partial charge in [-0.25, -0.2) is 0 Å². The molecule has 0 aromatic rings. The molecule has 0 aliphatic heterocycles. The molecule has 2 amide bonds. The Hall–Kier alpha value is -1.59. The van der Waals surface area contributed by atoms with Crippen molar-refractivity contribution in [3.05, 3.63) is 0 Å². The summed E-state index contributed by atoms with van der Waals surface area (Å²) in [6.07, 6.45) is 6.52. The van der Waals surface area contributed by atoms with E-state index >= 15 is 0 Å². The Morgan fingerprint density at radius 2 is 1.57 bits per heavy atom. The Kier molecular flexibility index (Phi) is 3.63. The van der Waals surface area contributed by atoms with E-state index in [-0.39, 0.29) is 24.5 Å². The molecule has 6 heteroatoms. The Morgan fingerprint density at radius 3 is 2.05 bits per heavy atom. The van der Waals surface area contributed by atoms with E-state index in [1.165, 1.54) is 19.3 Å². The van der Waals surface area contributed by atoms with Crippen LogP contribution in [0.5, 0.6) is 0 Å². The average molecular weight is 294 g/mol. The lowest BCUT2D eigenvalue weighted by molar-refractivity contribution is -0.173. The van der Waals surface area contributed by atoms with Crippen LogP contribution in [-0.4, -0.2) is 30.9 Å². The van der Waals surface area contributed by atoms with E-state index in [9.17, 15) is 14.4 Å². The normalized spacial score (nSPS) is 36.3. The molecule has 4 bridgehead atoms. The van der Waals surface area contributed by atoms with Crippen molar-refractivity contribution < 1.29 is 19.1 Å². The lowest BCUT2D eigenvalue weighted by atomic mass is 9.49. The fraction of sp³-hybridized carbons (Fsp3) is 0.800. The summed E-state index contributed by atoms with van der Waals surface area (Å²) >= 11 is 0. The zero-order valence-corrected chi connectivity index (χ0v) is 12.1. The van der Waals surface area contributed by atoms with Crippen LogP contribution in [0.2, 0.25) is 0 Å². The quantitative estimate of drug-likeness (QED) is 0.715. The smallest absolute Gasteiger partial charge is 0.312 e. The van der Waals surface area contributed by atoms with Gasteiger partial charge >= 0.3 is 5.97 Å². The molecule has 3 N–H and O–H groups in total. The third kappa shape index (κ3) is 2.89. The van der Waals surface area contributed by atoms with Gasteiger partial charge in [0.2, 0.25) is 5.91 Å². The standard InChI is InChI=1S/C15H22N2O4/c16-12(18)7-17-13(19)8-21-14(20)15-4-9-1-10(5-15)3-11(2-9)6-15/h9-11H,1-8H2,(H2,16,18)(H,17,19). The molecule has 4 aliphatic carbocycles. The molecule has 4 saturated carbocycles. The minimum atomic E-state index is -0.615. The molecular formula is C15H22N2O4. The molecule has 0 aromatic heterocycles. The summed E-state index contributed by atoms with van der Waals surface area (Å²) in [5.74, 6) is 0.658. The van der Waals surface area contributed by atoms with Gasteiger partial charge in [0.25, 0.3) is 5.91 Å². The zero-order valence-electron chi connectivity index (χ0n) is 12.1. The monoisotopic (exact) mass is 294 g/mol. The second-order valence-electron chi connectivity index (χ2n) is 7.02. The van der Waals surface area contributed by atoms with E-state index in [1.54, 1.807) is 0 Å². The van der Waals surface area contributed by atoms with E-state index in [4.69, 9.17) is 10.5 Å². The molecule has 0 heterocycles. The summed E-state index contributed by atoms with van der Waals surface area (Å²) in [4.78, 5) is 34.5. The highest BCUT2D eigenvalue weighted by Crippen LogP contribution is 2.60. The average Bonchev–Trinajstić information content (AvgIpc) is 2.41. The van der Waals surface area contributed by atoms with Crippen LogP contribution in [0.25, 0.3) is 0 Å². The fourth-order valence-corrected chi connectivity index (χ4v) is 4.88. The Labute approximate surface area is 123 Å². The van der Waals surface area contributed by atoms with Gasteiger partial charge in [-0.15, -0.1) is 0 Å². The molecule has 0 saturated heterocycles. The molecule has 0 unspecified atom stereocenters. The van der Waals surface area contributed by atoms with Crippen molar-refractivity contribution >= 4 is 17.8 Å². The van der Waals surface area contributed by atoms with E-state index in [1.807, 2.05) is 0 Å². The predicted octanol–water partition coefficient (Wildman–Crippen LogP) is 0.347. The number of ether oxygens (including phenoxy) is 1. The van der Waals surface area contributed by atoms with Crippen molar-refractivity contribution in [3.63, 3.8) is 0 Å². The van der Waals surface area contributed by atoms with E-state index in [0.29, 0.717) is 17.8 Å². The van der Waals surface area contributed by atoms with Crippen LogP contribution in [0.15, 0.2) is 0 Å². The predicted molar refractivity (Wildman–Crippen MR) is 73.8 cm³/mol. The number of rotatable bonds is 5. The van der Waals surface area contributed by atoms with E-state index in [2.05, 4.69) is 5.32 Å². The number of esters is 1. The van der Waals surface area contributed by atoms with Gasteiger partial charge in [-0.1, -0.05) is 0 Å². The third-order valence-electron chi connectivity index (χ3n) is 5.27. The molecular weight excluding hydrogens is 272 g/mol. The first-order chi connectivity index (χ1) is 9.97. The van der Waals surface area contributed by atoms with Crippen molar-refractivity contribution in [1.82, 2.24) is 5.32 Å². The zero-order chi connectivity index (χ0) is 15.0. The van der Waals surface area contributed by atoms with Crippen molar-refractivity contribution in [1.29, 1.82) is 0 Å². The molecule has 0 radical (unpaired) electrons. The maximum Gasteiger partial charge on any atom is 0.312 e. The van der Waals surface area contributed by atoms with E-state index in [0.717, 1.165) is 19.3 Å². The highest BCUT2D eigenvalue weighted by molar-refractivity contribution is 5.86. The van der Waals surface area contributed by atoms with Crippen molar-refractivity contribution in [2.24, 2.45) is 28.9 Å². The molecule has 21 heavy (non-hydrogen) atoms. The first-order valence-electron chi connectivity index (χ1n) is 7.69. The summed E-state index contributed by atoms with van der Waals surface area (Å²) in [5, 5.41) is 2.32. The number of nitrogens with one attached hydrogen (secondary N) is 1. The number of primary amides is 1. The van der Waals surface area contributed by atoms with Crippen molar-refractivity contribution in [3.8, 4) is 0 Å². The number of hydrogen-bond donors (Lipinski definition) is 2. The molecule has 6 nitrogen and oxygen atoms in total. The van der Waals surface area contributed by atoms with Crippen LogP contribution >= 0.6 is 0 Å². The molecule has 4 fully saturated rings. The molecule has 4 aliphatic rings. The Balaban J connectivity index is 1.53. The van der Waals surface area contributed by atoms with Gasteiger partial charge in [0.1, 0.15) is 0 Å². The first kappa shape index (κ1) is 14.4. The van der Waals surface area contributed by atoms with E-state index < -0.39 is 11.8 Å². The Bertz CT molecular complexity index is 439. The lowest BCUT2D eigenvalue weighted by Crippen LogP contribution is -2.51. The third-order valence-corrected chi connectivity index (χ3v) is 5.27. The maximum absolute atomic E-state index is 12.4. The Morgan fingerprint density at radius 1 is 1.05 bits per heavy atom. The first-order valence-corrected chi connectivity index (χ1v) is 7.69. The van der Waals surface area contributed by atoms with Gasteiger partial charge in [0.15, 0.2) is 6.61 Å². The number of amides is 2. The van der Waals surface area contributed by atoms with Crippen LogP contribution in [0.4, 0.5) is 0 Å². The summed E-state index contributed by atoms with van der Waals surface area (Å²) in [7, 11) is 0. The van der Waals surface area contributed by atoms with Crippen molar-refractivity contribution in [2.45, 2.75) is 38.5 Å². The summed E-state index contributed by atoms with van der Waals surface area (Å²) in [6, 6.07) is 0. The minimum absolute atomic E-state index is 0.226. The fourth-order valence-electron chi connectivity index (χ4n) is 4.88. The van der Waals surface area contributed by atoms with Crippen LogP contribution in [-0.2, 0) is 19.1 Å². The van der Waals surface area contributed by atoms with Gasteiger partial charge in [-0.2, -0.15) is 0 Å². The number of hydrogen-bond acceptors (Lipinski definition) is 4. The minimum Gasteiger partial charge on any atom is -0.455 e. The SMILES string of the molecule is NC(=O)CNC(=O)COC(=O)C12CC3CC(CC(C3)C1)C2. The van der Waals surface area contributed by atoms with Crippen LogP contribution in [0, 0.1) is 23.2 Å². The van der Waals surface area contributed by atoms with Gasteiger partial charge in [0.05, 0.1) is 12.0 Å². The van der Waals surface area contributed by atoms with Gasteiger partial charge in [-0.05, 0) is 56.3 Å². The molecule has 0 atom stereocenters. The number of nitrogens with two attached hydrogens (primary N) is 1. The lowest BCUT2D eigenvalue weighted by Gasteiger charge is -2.55. The maximum atomic E-state index is 12.4. The molecule has 0 aromatic carbocycles. The van der Waals surface area contributed by atoms with Crippen LogP contribution < -0.4 is 11.1 Å². The molecule has 116 valence electrons. The molecule has 0 spiro atoms. The van der Waals surface area contributed by atoms with Gasteiger partial charge < -0.3 is 15.8 Å². The van der Waals surface area contributed by atoms with Crippen LogP contribution in [0.3, 0.4) is 0 Å². The molecule has 4 rings (SSSR count). The topological polar surface area (TPSA) is 98.5 Å². The highest BCUT2D eigenvalue weighted by atomic mass is 16.5. The van der Waals surface area contributed by atoms with Crippen LogP contribution in [0.1, 0.15) is 38.5 Å². The summed E-state index contributed by atoms with van der Waals surface area (Å²) in [5.41, 5.74) is 4.59. The number of carbonyl (C=O) groups excluding carboxylic acids is 3. The second-order valence-corrected chi connectivity index (χ2v) is 7.02. The van der Waals surface area contributed by atoms with Crippen molar-refractivity contribution in [2.75, 3.05) is 13.2 Å². The highest BCUT2D eigenvalue weighted by Gasteiger charge is 2.55. The number of carbonyl (C=O) groups is 3. The van der Waals surface area contributed by atoms with Gasteiger partial charge in [-0.3, -0.25) is 14.4 Å². The van der Waals surface area contributed by atoms with Gasteiger partial charge in [0, 0.05) is 0 Å². The second kappa shape index (κ2) is 5.31. The largest absolute Gasteiger partial charge is 0.455 e.